The maximum atomic E-state index is 10.8. The summed E-state index contributed by atoms with van der Waals surface area (Å²) >= 11 is 1.33. The molecule has 0 radical (unpaired) electrons. The Balaban J connectivity index is 2.59. The SMILES string of the molecule is COc1cc2sc[n+](CS(=O)(=O)[O-])c2cc1OC. The molecule has 98 valence electrons. The van der Waals surface area contributed by atoms with Gasteiger partial charge in [0.05, 0.1) is 20.3 Å². The van der Waals surface area contributed by atoms with E-state index in [1.54, 1.807) is 17.6 Å². The maximum absolute atomic E-state index is 10.8. The predicted molar refractivity (Wildman–Crippen MR) is 64.8 cm³/mol. The molecule has 0 spiro atoms. The topological polar surface area (TPSA) is 79.5 Å². The summed E-state index contributed by atoms with van der Waals surface area (Å²) in [6, 6.07) is 3.39. The third-order valence-corrected chi connectivity index (χ3v) is 3.91. The van der Waals surface area contributed by atoms with Gasteiger partial charge < -0.3 is 14.0 Å². The van der Waals surface area contributed by atoms with Crippen LogP contribution in [0.25, 0.3) is 10.2 Å². The molecule has 2 aromatic rings. The smallest absolute Gasteiger partial charge is 0.237 e. The average Bonchev–Trinajstić information content (AvgIpc) is 2.67. The fraction of sp³-hybridized carbons (Fsp3) is 0.300. The Labute approximate surface area is 108 Å². The van der Waals surface area contributed by atoms with E-state index in [0.717, 1.165) is 4.70 Å². The van der Waals surface area contributed by atoms with E-state index in [4.69, 9.17) is 9.47 Å². The van der Waals surface area contributed by atoms with Crippen LogP contribution >= 0.6 is 11.3 Å². The van der Waals surface area contributed by atoms with E-state index < -0.39 is 16.0 Å². The molecule has 0 N–H and O–H groups in total. The zero-order valence-electron chi connectivity index (χ0n) is 9.74. The van der Waals surface area contributed by atoms with Crippen molar-refractivity contribution in [3.8, 4) is 11.5 Å². The zero-order chi connectivity index (χ0) is 13.3. The summed E-state index contributed by atoms with van der Waals surface area (Å²) in [5.41, 5.74) is 2.20. The third-order valence-electron chi connectivity index (χ3n) is 2.38. The number of methoxy groups -OCH3 is 2. The van der Waals surface area contributed by atoms with Gasteiger partial charge in [0.2, 0.25) is 16.9 Å². The fourth-order valence-corrected chi connectivity index (χ4v) is 3.17. The normalized spacial score (nSPS) is 11.7. The van der Waals surface area contributed by atoms with Gasteiger partial charge in [0.25, 0.3) is 0 Å². The van der Waals surface area contributed by atoms with Crippen molar-refractivity contribution in [1.82, 2.24) is 0 Å². The second-order valence-corrected chi connectivity index (χ2v) is 5.81. The molecular weight excluding hydrogens is 278 g/mol. The molecule has 0 atom stereocenters. The van der Waals surface area contributed by atoms with Crippen LogP contribution in [-0.4, -0.2) is 27.2 Å². The van der Waals surface area contributed by atoms with E-state index in [1.165, 1.54) is 30.1 Å². The summed E-state index contributed by atoms with van der Waals surface area (Å²) in [4.78, 5) is 0. The van der Waals surface area contributed by atoms with Crippen LogP contribution in [-0.2, 0) is 16.0 Å². The van der Waals surface area contributed by atoms with Gasteiger partial charge in [0.15, 0.2) is 21.6 Å². The van der Waals surface area contributed by atoms with E-state index in [9.17, 15) is 13.0 Å². The molecule has 0 bridgehead atoms. The van der Waals surface area contributed by atoms with Crippen molar-refractivity contribution in [3.05, 3.63) is 17.6 Å². The van der Waals surface area contributed by atoms with Crippen molar-refractivity contribution < 1.29 is 27.0 Å². The van der Waals surface area contributed by atoms with Gasteiger partial charge >= 0.3 is 0 Å². The van der Waals surface area contributed by atoms with Crippen molar-refractivity contribution >= 4 is 31.7 Å². The second-order valence-electron chi connectivity index (χ2n) is 3.55. The molecule has 6 nitrogen and oxygen atoms in total. The van der Waals surface area contributed by atoms with Crippen LogP contribution < -0.4 is 14.0 Å². The van der Waals surface area contributed by atoms with Crippen LogP contribution in [0, 0.1) is 0 Å². The molecule has 0 saturated carbocycles. The van der Waals surface area contributed by atoms with Crippen molar-refractivity contribution in [2.45, 2.75) is 5.88 Å². The highest BCUT2D eigenvalue weighted by molar-refractivity contribution is 7.84. The van der Waals surface area contributed by atoms with Gasteiger partial charge in [-0.2, -0.15) is 4.57 Å². The first-order chi connectivity index (χ1) is 8.44. The van der Waals surface area contributed by atoms with Crippen LogP contribution in [0.2, 0.25) is 0 Å². The molecular formula is C10H11NO5S2. The summed E-state index contributed by atoms with van der Waals surface area (Å²) in [5, 5.41) is 0. The molecule has 0 saturated heterocycles. The monoisotopic (exact) mass is 289 g/mol. The molecule has 1 aromatic carbocycles. The number of benzene rings is 1. The van der Waals surface area contributed by atoms with Crippen molar-refractivity contribution in [1.29, 1.82) is 0 Å². The summed E-state index contributed by atoms with van der Waals surface area (Å²) < 4.78 is 44.9. The van der Waals surface area contributed by atoms with Crippen molar-refractivity contribution in [2.75, 3.05) is 14.2 Å². The minimum atomic E-state index is -4.33. The number of ether oxygens (including phenoxy) is 2. The van der Waals surface area contributed by atoms with Gasteiger partial charge in [-0.1, -0.05) is 11.3 Å². The summed E-state index contributed by atoms with van der Waals surface area (Å²) in [6.45, 7) is 0. The predicted octanol–water partition coefficient (Wildman–Crippen LogP) is 0.709. The van der Waals surface area contributed by atoms with Crippen LogP contribution in [0.1, 0.15) is 0 Å². The van der Waals surface area contributed by atoms with Gasteiger partial charge in [0.1, 0.15) is 4.70 Å². The zero-order valence-corrected chi connectivity index (χ0v) is 11.4. The fourth-order valence-electron chi connectivity index (χ4n) is 1.62. The molecule has 0 unspecified atom stereocenters. The highest BCUT2D eigenvalue weighted by Gasteiger charge is 2.18. The Hall–Kier alpha value is -1.38. The molecule has 8 heteroatoms. The largest absolute Gasteiger partial charge is 0.743 e. The molecule has 0 fully saturated rings. The lowest BCUT2D eigenvalue weighted by molar-refractivity contribution is -0.647. The average molecular weight is 289 g/mol. The van der Waals surface area contributed by atoms with Crippen LogP contribution in [0.3, 0.4) is 0 Å². The molecule has 2 rings (SSSR count). The Morgan fingerprint density at radius 1 is 1.28 bits per heavy atom. The number of aromatic nitrogens is 1. The Kier molecular flexibility index (Phi) is 3.42. The number of hydrogen-bond donors (Lipinski definition) is 0. The van der Waals surface area contributed by atoms with Crippen molar-refractivity contribution in [2.24, 2.45) is 0 Å². The van der Waals surface area contributed by atoms with Gasteiger partial charge in [-0.3, -0.25) is 0 Å². The molecule has 1 heterocycles. The highest BCUT2D eigenvalue weighted by atomic mass is 32.2. The van der Waals surface area contributed by atoms with Crippen molar-refractivity contribution in [3.63, 3.8) is 0 Å². The third kappa shape index (κ3) is 2.55. The van der Waals surface area contributed by atoms with E-state index >= 15 is 0 Å². The molecule has 0 amide bonds. The molecule has 0 aliphatic heterocycles. The lowest BCUT2D eigenvalue weighted by Crippen LogP contribution is -2.35. The summed E-state index contributed by atoms with van der Waals surface area (Å²) in [6.07, 6.45) is 0. The first kappa shape index (κ1) is 13.1. The Morgan fingerprint density at radius 3 is 2.44 bits per heavy atom. The molecule has 1 aromatic heterocycles. The lowest BCUT2D eigenvalue weighted by atomic mass is 10.3. The van der Waals surface area contributed by atoms with Gasteiger partial charge in [0, 0.05) is 6.07 Å². The minimum Gasteiger partial charge on any atom is -0.743 e. The number of nitrogens with zero attached hydrogens (tertiary/aromatic N) is 1. The molecule has 0 aliphatic rings. The maximum Gasteiger partial charge on any atom is 0.237 e. The Morgan fingerprint density at radius 2 is 1.89 bits per heavy atom. The van der Waals surface area contributed by atoms with Crippen LogP contribution in [0.15, 0.2) is 17.6 Å². The van der Waals surface area contributed by atoms with Gasteiger partial charge in [-0.05, 0) is 0 Å². The summed E-state index contributed by atoms with van der Waals surface area (Å²) in [7, 11) is -1.31. The lowest BCUT2D eigenvalue weighted by Gasteiger charge is -2.06. The van der Waals surface area contributed by atoms with E-state index in [1.807, 2.05) is 0 Å². The van der Waals surface area contributed by atoms with E-state index in [-0.39, 0.29) is 0 Å². The first-order valence-corrected chi connectivity index (χ1v) is 7.36. The minimum absolute atomic E-state index is 0.487. The number of fused-ring (bicyclic) bond motifs is 1. The van der Waals surface area contributed by atoms with E-state index in [0.29, 0.717) is 17.0 Å². The number of hydrogen-bond acceptors (Lipinski definition) is 6. The highest BCUT2D eigenvalue weighted by Crippen LogP contribution is 2.32. The molecule has 18 heavy (non-hydrogen) atoms. The Bertz CT molecular complexity index is 677. The quantitative estimate of drug-likeness (QED) is 0.611. The second kappa shape index (κ2) is 4.71. The van der Waals surface area contributed by atoms with Crippen LogP contribution in [0.5, 0.6) is 11.5 Å². The molecule has 0 aliphatic carbocycles. The van der Waals surface area contributed by atoms with Gasteiger partial charge in [-0.25, -0.2) is 8.42 Å². The number of thiazole rings is 1. The number of rotatable bonds is 4. The summed E-state index contributed by atoms with van der Waals surface area (Å²) in [5.74, 6) is 0.451. The van der Waals surface area contributed by atoms with Crippen LogP contribution in [0.4, 0.5) is 0 Å². The van der Waals surface area contributed by atoms with E-state index in [2.05, 4.69) is 0 Å². The van der Waals surface area contributed by atoms with Gasteiger partial charge in [-0.15, -0.1) is 0 Å². The first-order valence-electron chi connectivity index (χ1n) is 4.91. The standard InChI is InChI=1S/C10H11NO5S2/c1-15-8-3-7-10(4-9(8)16-2)17-5-11(7)6-18(12,13)14/h3-5H,6H2,1-2H3.